The Morgan fingerprint density at radius 3 is 2.62 bits per heavy atom. The first-order valence-corrected chi connectivity index (χ1v) is 10.9. The smallest absolute Gasteiger partial charge is 0.148 e. The average molecular weight is 417 g/mol. The number of rotatable bonds is 4. The fourth-order valence-corrected chi connectivity index (χ4v) is 5.43. The van der Waals surface area contributed by atoms with Crippen LogP contribution in [0.4, 0.5) is 10.2 Å². The summed E-state index contributed by atoms with van der Waals surface area (Å²) >= 11 is 6.17. The van der Waals surface area contributed by atoms with Crippen LogP contribution in [0.25, 0.3) is 11.3 Å². The minimum atomic E-state index is -0.334. The monoisotopic (exact) mass is 416 g/mol. The largest absolute Gasteiger partial charge is 0.380 e. The van der Waals surface area contributed by atoms with Crippen molar-refractivity contribution in [3.8, 4) is 11.3 Å². The first-order chi connectivity index (χ1) is 14.2. The molecular formula is C22H26ClFN4O. The zero-order valence-electron chi connectivity index (χ0n) is 16.4. The van der Waals surface area contributed by atoms with E-state index in [1.165, 1.54) is 50.9 Å². The number of fused-ring (bicyclic) bond motifs is 1. The van der Waals surface area contributed by atoms with E-state index in [1.54, 1.807) is 6.07 Å². The van der Waals surface area contributed by atoms with Gasteiger partial charge in [0.2, 0.25) is 0 Å². The molecule has 3 unspecified atom stereocenters. The molecule has 5 nitrogen and oxygen atoms in total. The summed E-state index contributed by atoms with van der Waals surface area (Å²) in [5, 5.41) is 12.6. The lowest BCUT2D eigenvalue weighted by Gasteiger charge is -2.31. The summed E-state index contributed by atoms with van der Waals surface area (Å²) in [7, 11) is 0. The molecule has 0 radical (unpaired) electrons. The van der Waals surface area contributed by atoms with Crippen molar-refractivity contribution < 1.29 is 9.13 Å². The molecule has 1 aromatic heterocycles. The van der Waals surface area contributed by atoms with Crippen molar-refractivity contribution in [2.45, 2.75) is 37.8 Å². The molecule has 0 amide bonds. The summed E-state index contributed by atoms with van der Waals surface area (Å²) < 4.78 is 19.2. The SMILES string of the molecule is Fc1ccc(Cl)c(-c2ccc(NC3CC4CN(C5CCCOC5)CC4C3)nn2)c1. The molecule has 7 heteroatoms. The van der Waals surface area contributed by atoms with E-state index in [1.807, 2.05) is 12.1 Å². The van der Waals surface area contributed by atoms with E-state index >= 15 is 0 Å². The Labute approximate surface area is 175 Å². The van der Waals surface area contributed by atoms with Gasteiger partial charge in [-0.25, -0.2) is 4.39 Å². The second kappa shape index (κ2) is 8.17. The molecule has 1 N–H and O–H groups in total. The van der Waals surface area contributed by atoms with Crippen molar-refractivity contribution >= 4 is 17.4 Å². The van der Waals surface area contributed by atoms with Gasteiger partial charge in [0.15, 0.2) is 0 Å². The number of nitrogens with one attached hydrogen (secondary N) is 1. The number of likely N-dealkylation sites (tertiary alicyclic amines) is 1. The van der Waals surface area contributed by atoms with Gasteiger partial charge in [-0.1, -0.05) is 11.6 Å². The molecule has 3 aliphatic rings. The molecule has 2 saturated heterocycles. The van der Waals surface area contributed by atoms with E-state index in [2.05, 4.69) is 20.4 Å². The van der Waals surface area contributed by atoms with E-state index in [4.69, 9.17) is 16.3 Å². The maximum absolute atomic E-state index is 13.5. The normalized spacial score (nSPS) is 29.7. The third-order valence-corrected chi connectivity index (χ3v) is 6.98. The molecule has 3 atom stereocenters. The van der Waals surface area contributed by atoms with Crippen LogP contribution in [0.5, 0.6) is 0 Å². The summed E-state index contributed by atoms with van der Waals surface area (Å²) in [6.45, 7) is 4.21. The number of anilines is 1. The zero-order chi connectivity index (χ0) is 19.8. The van der Waals surface area contributed by atoms with Gasteiger partial charge >= 0.3 is 0 Å². The number of hydrogen-bond donors (Lipinski definition) is 1. The molecular weight excluding hydrogens is 391 g/mol. The number of benzene rings is 1. The Hall–Kier alpha value is -1.76. The molecule has 3 fully saturated rings. The fraction of sp³-hybridized carbons (Fsp3) is 0.545. The second-order valence-corrected chi connectivity index (χ2v) is 8.99. The van der Waals surface area contributed by atoms with Crippen LogP contribution in [-0.4, -0.2) is 53.5 Å². The number of aromatic nitrogens is 2. The molecule has 1 aromatic carbocycles. The van der Waals surface area contributed by atoms with Crippen molar-refractivity contribution in [1.29, 1.82) is 0 Å². The summed E-state index contributed by atoms with van der Waals surface area (Å²) in [6, 6.07) is 9.08. The van der Waals surface area contributed by atoms with E-state index in [-0.39, 0.29) is 5.82 Å². The first kappa shape index (κ1) is 19.2. The lowest BCUT2D eigenvalue weighted by molar-refractivity contribution is 0.0239. The minimum absolute atomic E-state index is 0.334. The van der Waals surface area contributed by atoms with Crippen LogP contribution in [0.15, 0.2) is 30.3 Å². The van der Waals surface area contributed by atoms with Crippen LogP contribution in [0.2, 0.25) is 5.02 Å². The van der Waals surface area contributed by atoms with E-state index in [9.17, 15) is 4.39 Å². The third kappa shape index (κ3) is 4.11. The molecule has 154 valence electrons. The lowest BCUT2D eigenvalue weighted by Crippen LogP contribution is -2.40. The molecule has 3 heterocycles. The second-order valence-electron chi connectivity index (χ2n) is 8.59. The number of ether oxygens (including phenoxy) is 1. The molecule has 1 saturated carbocycles. The Kier molecular flexibility index (Phi) is 5.41. The Morgan fingerprint density at radius 1 is 1.10 bits per heavy atom. The van der Waals surface area contributed by atoms with Gasteiger partial charge in [-0.05, 0) is 67.9 Å². The third-order valence-electron chi connectivity index (χ3n) is 6.65. The van der Waals surface area contributed by atoms with Crippen molar-refractivity contribution in [3.63, 3.8) is 0 Å². The summed E-state index contributed by atoms with van der Waals surface area (Å²) in [4.78, 5) is 2.65. The summed E-state index contributed by atoms with van der Waals surface area (Å²) in [5.74, 6) is 1.95. The van der Waals surface area contributed by atoms with Crippen molar-refractivity contribution in [2.75, 3.05) is 31.6 Å². The van der Waals surface area contributed by atoms with Gasteiger partial charge in [-0.2, -0.15) is 0 Å². The van der Waals surface area contributed by atoms with Crippen molar-refractivity contribution in [3.05, 3.63) is 41.2 Å². The van der Waals surface area contributed by atoms with Gasteiger partial charge < -0.3 is 10.1 Å². The number of nitrogens with zero attached hydrogens (tertiary/aromatic N) is 3. The molecule has 5 rings (SSSR count). The van der Waals surface area contributed by atoms with E-state index in [0.717, 1.165) is 30.9 Å². The highest BCUT2D eigenvalue weighted by Gasteiger charge is 2.42. The van der Waals surface area contributed by atoms with Gasteiger partial charge in [0.25, 0.3) is 0 Å². The van der Waals surface area contributed by atoms with Gasteiger partial charge in [0, 0.05) is 37.3 Å². The quantitative estimate of drug-likeness (QED) is 0.807. The Bertz CT molecular complexity index is 844. The molecule has 2 aromatic rings. The van der Waals surface area contributed by atoms with Gasteiger partial charge in [0.05, 0.1) is 17.3 Å². The predicted molar refractivity (Wildman–Crippen MR) is 111 cm³/mol. The Morgan fingerprint density at radius 2 is 1.93 bits per heavy atom. The van der Waals surface area contributed by atoms with Gasteiger partial charge in [0.1, 0.15) is 11.6 Å². The van der Waals surface area contributed by atoms with Crippen LogP contribution in [0.3, 0.4) is 0 Å². The zero-order valence-corrected chi connectivity index (χ0v) is 17.1. The number of halogens is 2. The van der Waals surface area contributed by atoms with Crippen LogP contribution in [0, 0.1) is 17.7 Å². The van der Waals surface area contributed by atoms with Crippen LogP contribution >= 0.6 is 11.6 Å². The summed E-state index contributed by atoms with van der Waals surface area (Å²) in [6.07, 6.45) is 4.82. The Balaban J connectivity index is 1.18. The molecule has 0 bridgehead atoms. The van der Waals surface area contributed by atoms with Crippen LogP contribution in [0.1, 0.15) is 25.7 Å². The topological polar surface area (TPSA) is 50.3 Å². The highest BCUT2D eigenvalue weighted by Crippen LogP contribution is 2.40. The predicted octanol–water partition coefficient (Wildman–Crippen LogP) is 4.24. The van der Waals surface area contributed by atoms with Crippen molar-refractivity contribution in [2.24, 2.45) is 11.8 Å². The van der Waals surface area contributed by atoms with Gasteiger partial charge in [-0.15, -0.1) is 10.2 Å². The first-order valence-electron chi connectivity index (χ1n) is 10.5. The van der Waals surface area contributed by atoms with Crippen LogP contribution in [-0.2, 0) is 4.74 Å². The van der Waals surface area contributed by atoms with E-state index in [0.29, 0.717) is 28.4 Å². The highest BCUT2D eigenvalue weighted by molar-refractivity contribution is 6.33. The molecule has 0 spiro atoms. The van der Waals surface area contributed by atoms with Crippen molar-refractivity contribution in [1.82, 2.24) is 15.1 Å². The minimum Gasteiger partial charge on any atom is -0.380 e. The molecule has 1 aliphatic carbocycles. The van der Waals surface area contributed by atoms with Gasteiger partial charge in [-0.3, -0.25) is 4.90 Å². The maximum atomic E-state index is 13.5. The lowest BCUT2D eigenvalue weighted by atomic mass is 10.0. The standard InChI is InChI=1S/C22H26ClFN4O/c23-20-4-3-16(24)10-19(20)21-5-6-22(27-26-21)25-17-8-14-11-28(12-15(14)9-17)18-2-1-7-29-13-18/h3-6,10,14-15,17-18H,1-2,7-9,11-13H2,(H,25,27). The molecule has 2 aliphatic heterocycles. The number of hydrogen-bond acceptors (Lipinski definition) is 5. The highest BCUT2D eigenvalue weighted by atomic mass is 35.5. The maximum Gasteiger partial charge on any atom is 0.148 e. The van der Waals surface area contributed by atoms with Crippen LogP contribution < -0.4 is 5.32 Å². The summed E-state index contributed by atoms with van der Waals surface area (Å²) in [5.41, 5.74) is 1.14. The fourth-order valence-electron chi connectivity index (χ4n) is 5.22. The average Bonchev–Trinajstić information content (AvgIpc) is 3.30. The van der Waals surface area contributed by atoms with E-state index < -0.39 is 0 Å². The molecule has 29 heavy (non-hydrogen) atoms.